The van der Waals surface area contributed by atoms with Gasteiger partial charge >= 0.3 is 0 Å². The highest BCUT2D eigenvalue weighted by Crippen LogP contribution is 2.41. The van der Waals surface area contributed by atoms with Crippen LogP contribution in [0.4, 0.5) is 0 Å². The quantitative estimate of drug-likeness (QED) is 0.779. The van der Waals surface area contributed by atoms with Crippen LogP contribution in [0.5, 0.6) is 0 Å². The molecule has 16 heavy (non-hydrogen) atoms. The molecule has 0 spiro atoms. The molecule has 1 N–H and O–H groups in total. The van der Waals surface area contributed by atoms with Crippen LogP contribution >= 0.6 is 0 Å². The van der Waals surface area contributed by atoms with Crippen LogP contribution in [0, 0.1) is 17.3 Å². The lowest BCUT2D eigenvalue weighted by Crippen LogP contribution is -2.37. The molecule has 1 saturated carbocycles. The molecular formula is C14H29NO. The molecule has 0 aromatic rings. The third-order valence-corrected chi connectivity index (χ3v) is 3.78. The lowest BCUT2D eigenvalue weighted by molar-refractivity contribution is -0.000993. The summed E-state index contributed by atoms with van der Waals surface area (Å²) in [6.07, 6.45) is 4.38. The molecule has 0 radical (unpaired) electrons. The molecule has 0 heterocycles. The zero-order valence-electron chi connectivity index (χ0n) is 11.7. The van der Waals surface area contributed by atoms with E-state index in [1.54, 1.807) is 0 Å². The summed E-state index contributed by atoms with van der Waals surface area (Å²) in [5.74, 6) is 1.54. The molecule has 0 bridgehead atoms. The number of ether oxygens (including phenoxy) is 1. The van der Waals surface area contributed by atoms with Gasteiger partial charge in [-0.3, -0.25) is 0 Å². The van der Waals surface area contributed by atoms with Gasteiger partial charge in [-0.25, -0.2) is 0 Å². The van der Waals surface area contributed by atoms with E-state index < -0.39 is 0 Å². The fraction of sp³-hybridized carbons (Fsp3) is 1.00. The highest BCUT2D eigenvalue weighted by molar-refractivity contribution is 4.85. The van der Waals surface area contributed by atoms with E-state index in [1.807, 2.05) is 0 Å². The van der Waals surface area contributed by atoms with Gasteiger partial charge in [0.2, 0.25) is 0 Å². The second kappa shape index (κ2) is 6.02. The van der Waals surface area contributed by atoms with Crippen molar-refractivity contribution in [1.29, 1.82) is 0 Å². The standard InChI is InChI=1S/C14H29NO/c1-11(2)16-10-13-8-14(3,4)7-6-12(13)9-15-5/h11-13,15H,6-10H2,1-5H3. The van der Waals surface area contributed by atoms with E-state index in [9.17, 15) is 0 Å². The Morgan fingerprint density at radius 2 is 2.00 bits per heavy atom. The normalized spacial score (nSPS) is 29.6. The van der Waals surface area contributed by atoms with Gasteiger partial charge in [0, 0.05) is 0 Å². The number of nitrogens with one attached hydrogen (secondary N) is 1. The third kappa shape index (κ3) is 4.42. The van der Waals surface area contributed by atoms with Crippen molar-refractivity contribution < 1.29 is 4.74 Å². The Bertz CT molecular complexity index is 201. The number of hydrogen-bond acceptors (Lipinski definition) is 2. The summed E-state index contributed by atoms with van der Waals surface area (Å²) in [6.45, 7) is 11.1. The molecule has 2 atom stereocenters. The largest absolute Gasteiger partial charge is 0.378 e. The molecule has 1 aliphatic carbocycles. The first-order valence-electron chi connectivity index (χ1n) is 6.71. The van der Waals surface area contributed by atoms with E-state index in [2.05, 4.69) is 40.1 Å². The summed E-state index contributed by atoms with van der Waals surface area (Å²) >= 11 is 0. The lowest BCUT2D eigenvalue weighted by Gasteiger charge is -2.41. The van der Waals surface area contributed by atoms with Crippen molar-refractivity contribution in [1.82, 2.24) is 5.32 Å². The monoisotopic (exact) mass is 227 g/mol. The molecular weight excluding hydrogens is 198 g/mol. The minimum Gasteiger partial charge on any atom is -0.378 e. The molecule has 2 nitrogen and oxygen atoms in total. The number of hydrogen-bond donors (Lipinski definition) is 1. The zero-order chi connectivity index (χ0) is 12.2. The Morgan fingerprint density at radius 3 is 2.56 bits per heavy atom. The van der Waals surface area contributed by atoms with Crippen molar-refractivity contribution in [2.24, 2.45) is 17.3 Å². The number of rotatable bonds is 5. The van der Waals surface area contributed by atoms with Gasteiger partial charge in [-0.15, -0.1) is 0 Å². The average Bonchev–Trinajstić information content (AvgIpc) is 2.18. The van der Waals surface area contributed by atoms with Crippen LogP contribution in [0.15, 0.2) is 0 Å². The van der Waals surface area contributed by atoms with Gasteiger partial charge in [-0.1, -0.05) is 13.8 Å². The molecule has 0 aliphatic heterocycles. The average molecular weight is 227 g/mol. The van der Waals surface area contributed by atoms with Crippen molar-refractivity contribution in [3.05, 3.63) is 0 Å². The Labute approximate surface area is 101 Å². The van der Waals surface area contributed by atoms with Crippen LogP contribution in [0.2, 0.25) is 0 Å². The summed E-state index contributed by atoms with van der Waals surface area (Å²) in [4.78, 5) is 0. The Kier molecular flexibility index (Phi) is 5.26. The van der Waals surface area contributed by atoms with Gasteiger partial charge in [0.25, 0.3) is 0 Å². The van der Waals surface area contributed by atoms with Gasteiger partial charge in [0.1, 0.15) is 0 Å². The molecule has 0 aromatic carbocycles. The molecule has 0 saturated heterocycles. The Hall–Kier alpha value is -0.0800. The van der Waals surface area contributed by atoms with Crippen LogP contribution in [-0.4, -0.2) is 26.3 Å². The van der Waals surface area contributed by atoms with Gasteiger partial charge in [-0.2, -0.15) is 0 Å². The highest BCUT2D eigenvalue weighted by atomic mass is 16.5. The predicted octanol–water partition coefficient (Wildman–Crippen LogP) is 3.07. The Balaban J connectivity index is 2.50. The lowest BCUT2D eigenvalue weighted by atomic mass is 9.67. The van der Waals surface area contributed by atoms with E-state index in [4.69, 9.17) is 4.74 Å². The van der Waals surface area contributed by atoms with E-state index >= 15 is 0 Å². The van der Waals surface area contributed by atoms with Crippen LogP contribution in [0.1, 0.15) is 47.0 Å². The fourth-order valence-corrected chi connectivity index (χ4v) is 2.83. The SMILES string of the molecule is CNCC1CCC(C)(C)CC1COC(C)C. The molecule has 1 rings (SSSR count). The molecule has 2 heteroatoms. The zero-order valence-corrected chi connectivity index (χ0v) is 11.7. The van der Waals surface area contributed by atoms with Crippen LogP contribution in [-0.2, 0) is 4.74 Å². The first-order chi connectivity index (χ1) is 7.44. The van der Waals surface area contributed by atoms with Crippen LogP contribution < -0.4 is 5.32 Å². The maximum atomic E-state index is 5.82. The van der Waals surface area contributed by atoms with Crippen LogP contribution in [0.25, 0.3) is 0 Å². The highest BCUT2D eigenvalue weighted by Gasteiger charge is 2.34. The first kappa shape index (κ1) is 14.0. The summed E-state index contributed by atoms with van der Waals surface area (Å²) in [7, 11) is 2.06. The first-order valence-corrected chi connectivity index (χ1v) is 6.71. The van der Waals surface area contributed by atoms with Gasteiger partial charge in [0.05, 0.1) is 12.7 Å². The third-order valence-electron chi connectivity index (χ3n) is 3.78. The smallest absolute Gasteiger partial charge is 0.0519 e. The topological polar surface area (TPSA) is 21.3 Å². The van der Waals surface area contributed by atoms with Crippen molar-refractivity contribution in [2.45, 2.75) is 53.1 Å². The van der Waals surface area contributed by atoms with Crippen molar-refractivity contribution in [2.75, 3.05) is 20.2 Å². The minimum atomic E-state index is 0.361. The van der Waals surface area contributed by atoms with Gasteiger partial charge in [-0.05, 0) is 64.0 Å². The Morgan fingerprint density at radius 1 is 1.31 bits per heavy atom. The molecule has 1 aliphatic rings. The molecule has 0 amide bonds. The van der Waals surface area contributed by atoms with E-state index in [0.717, 1.165) is 25.0 Å². The molecule has 0 aromatic heterocycles. The summed E-state index contributed by atoms with van der Waals surface area (Å²) < 4.78 is 5.82. The fourth-order valence-electron chi connectivity index (χ4n) is 2.83. The predicted molar refractivity (Wildman–Crippen MR) is 69.6 cm³/mol. The summed E-state index contributed by atoms with van der Waals surface area (Å²) in [5, 5.41) is 3.33. The maximum absolute atomic E-state index is 5.82. The second-order valence-corrected chi connectivity index (χ2v) is 6.37. The van der Waals surface area contributed by atoms with Crippen LogP contribution in [0.3, 0.4) is 0 Å². The van der Waals surface area contributed by atoms with E-state index in [0.29, 0.717) is 11.5 Å². The van der Waals surface area contributed by atoms with Gasteiger partial charge in [0.15, 0.2) is 0 Å². The summed E-state index contributed by atoms with van der Waals surface area (Å²) in [5.41, 5.74) is 0.509. The molecule has 2 unspecified atom stereocenters. The van der Waals surface area contributed by atoms with E-state index in [-0.39, 0.29) is 0 Å². The molecule has 1 fully saturated rings. The van der Waals surface area contributed by atoms with E-state index in [1.165, 1.54) is 19.3 Å². The van der Waals surface area contributed by atoms with Crippen molar-refractivity contribution in [3.8, 4) is 0 Å². The minimum absolute atomic E-state index is 0.361. The second-order valence-electron chi connectivity index (χ2n) is 6.37. The summed E-state index contributed by atoms with van der Waals surface area (Å²) in [6, 6.07) is 0. The van der Waals surface area contributed by atoms with Crippen molar-refractivity contribution in [3.63, 3.8) is 0 Å². The van der Waals surface area contributed by atoms with Gasteiger partial charge < -0.3 is 10.1 Å². The maximum Gasteiger partial charge on any atom is 0.0519 e. The van der Waals surface area contributed by atoms with Crippen molar-refractivity contribution >= 4 is 0 Å². The molecule has 96 valence electrons.